The number of benzene rings is 3. The number of carbonyl (C=O) groups excluding carboxylic acids is 2. The summed E-state index contributed by atoms with van der Waals surface area (Å²) in [5, 5.41) is 0. The third-order valence-corrected chi connectivity index (χ3v) is 5.62. The van der Waals surface area contributed by atoms with Gasteiger partial charge >= 0.3 is 12.4 Å². The number of nitrogens with zero attached hydrogens (tertiary/aromatic N) is 2. The predicted octanol–water partition coefficient (Wildman–Crippen LogP) is 5.75. The van der Waals surface area contributed by atoms with Gasteiger partial charge in [-0.3, -0.25) is 9.59 Å². The quantitative estimate of drug-likeness (QED) is 0.355. The molecule has 174 valence electrons. The Morgan fingerprint density at radius 2 is 0.971 bits per heavy atom. The maximum atomic E-state index is 13.3. The van der Waals surface area contributed by atoms with Crippen LogP contribution in [0, 0.1) is 0 Å². The molecule has 0 aromatic heterocycles. The van der Waals surface area contributed by atoms with Crippen molar-refractivity contribution in [2.45, 2.75) is 12.4 Å². The van der Waals surface area contributed by atoms with Gasteiger partial charge in [0, 0.05) is 11.4 Å². The number of amides is 2. The van der Waals surface area contributed by atoms with Gasteiger partial charge in [0.15, 0.2) is 0 Å². The van der Waals surface area contributed by atoms with Gasteiger partial charge in [-0.2, -0.15) is 26.3 Å². The van der Waals surface area contributed by atoms with Gasteiger partial charge in [0.05, 0.1) is 11.1 Å². The molecule has 2 aliphatic heterocycles. The van der Waals surface area contributed by atoms with Crippen molar-refractivity contribution in [2.75, 3.05) is 22.9 Å². The molecule has 2 fully saturated rings. The molecule has 4 nitrogen and oxygen atoms in total. The van der Waals surface area contributed by atoms with Crippen LogP contribution in [-0.4, -0.2) is 24.9 Å². The van der Waals surface area contributed by atoms with Crippen LogP contribution in [0.2, 0.25) is 0 Å². The van der Waals surface area contributed by atoms with E-state index < -0.39 is 23.5 Å². The van der Waals surface area contributed by atoms with Crippen molar-refractivity contribution in [3.05, 3.63) is 71.8 Å². The van der Waals surface area contributed by atoms with Crippen molar-refractivity contribution in [3.8, 4) is 22.3 Å². The molecule has 0 radical (unpaired) electrons. The van der Waals surface area contributed by atoms with Crippen LogP contribution in [0.25, 0.3) is 22.3 Å². The van der Waals surface area contributed by atoms with E-state index in [0.717, 1.165) is 0 Å². The van der Waals surface area contributed by atoms with E-state index >= 15 is 0 Å². The van der Waals surface area contributed by atoms with Crippen molar-refractivity contribution < 1.29 is 35.9 Å². The summed E-state index contributed by atoms with van der Waals surface area (Å²) in [6.45, 7) is 0.447. The topological polar surface area (TPSA) is 40.2 Å². The Morgan fingerprint density at radius 1 is 0.559 bits per heavy atom. The number of alkyl halides is 6. The third kappa shape index (κ3) is 4.23. The van der Waals surface area contributed by atoms with Crippen molar-refractivity contribution in [1.29, 1.82) is 0 Å². The second kappa shape index (κ2) is 7.34. The van der Waals surface area contributed by atoms with Gasteiger partial charge in [-0.25, -0.2) is 0 Å². The van der Waals surface area contributed by atoms with Crippen LogP contribution in [0.15, 0.2) is 60.7 Å². The Morgan fingerprint density at radius 3 is 1.35 bits per heavy atom. The van der Waals surface area contributed by atoms with Crippen LogP contribution in [0.3, 0.4) is 0 Å². The first kappa shape index (κ1) is 22.0. The fourth-order valence-corrected chi connectivity index (χ4v) is 3.74. The first-order valence-corrected chi connectivity index (χ1v) is 10.1. The highest BCUT2D eigenvalue weighted by Gasteiger charge is 2.37. The van der Waals surface area contributed by atoms with E-state index in [9.17, 15) is 35.9 Å². The van der Waals surface area contributed by atoms with Crippen molar-refractivity contribution in [2.24, 2.45) is 0 Å². The molecule has 34 heavy (non-hydrogen) atoms. The van der Waals surface area contributed by atoms with Gasteiger partial charge in [-0.15, -0.1) is 0 Å². The number of carbonyl (C=O) groups is 2. The molecule has 0 N–H and O–H groups in total. The van der Waals surface area contributed by atoms with Gasteiger partial charge in [0.1, 0.15) is 13.1 Å². The number of halogens is 6. The van der Waals surface area contributed by atoms with E-state index in [0.29, 0.717) is 34.6 Å². The molecule has 10 heteroatoms. The van der Waals surface area contributed by atoms with Gasteiger partial charge in [-0.05, 0) is 64.7 Å². The van der Waals surface area contributed by atoms with Gasteiger partial charge in [0.2, 0.25) is 11.8 Å². The van der Waals surface area contributed by atoms with Gasteiger partial charge in [-0.1, -0.05) is 18.2 Å². The highest BCUT2D eigenvalue weighted by molar-refractivity contribution is 6.15. The summed E-state index contributed by atoms with van der Waals surface area (Å²) in [5.41, 5.74) is -0.678. The first-order chi connectivity index (χ1) is 15.9. The van der Waals surface area contributed by atoms with Crippen LogP contribution in [0.1, 0.15) is 11.1 Å². The molecule has 3 aromatic carbocycles. The third-order valence-electron chi connectivity index (χ3n) is 5.62. The first-order valence-electron chi connectivity index (χ1n) is 10.1. The second-order valence-electron chi connectivity index (χ2n) is 8.07. The number of rotatable bonds is 4. The summed E-state index contributed by atoms with van der Waals surface area (Å²) >= 11 is 0. The van der Waals surface area contributed by atoms with E-state index in [-0.39, 0.29) is 42.1 Å². The molecule has 0 aliphatic carbocycles. The summed E-state index contributed by atoms with van der Waals surface area (Å²) in [7, 11) is 0. The summed E-state index contributed by atoms with van der Waals surface area (Å²) in [6, 6.07) is 12.6. The van der Waals surface area contributed by atoms with Gasteiger partial charge < -0.3 is 9.80 Å². The second-order valence-corrected chi connectivity index (χ2v) is 8.07. The molecule has 0 spiro atoms. The monoisotopic (exact) mass is 476 g/mol. The van der Waals surface area contributed by atoms with Crippen LogP contribution in [0.4, 0.5) is 37.7 Å². The minimum absolute atomic E-state index is 0.0886. The zero-order valence-electron chi connectivity index (χ0n) is 17.2. The van der Waals surface area contributed by atoms with Crippen LogP contribution in [0.5, 0.6) is 0 Å². The normalized spacial score (nSPS) is 15.7. The molecular formula is C24H14F6N2O2. The molecule has 0 atom stereocenters. The Hall–Kier alpha value is -3.82. The Labute approximate surface area is 189 Å². The van der Waals surface area contributed by atoms with Crippen LogP contribution >= 0.6 is 0 Å². The van der Waals surface area contributed by atoms with Crippen molar-refractivity contribution >= 4 is 23.2 Å². The minimum atomic E-state index is -4.95. The summed E-state index contributed by atoms with van der Waals surface area (Å²) in [4.78, 5) is 26.2. The lowest BCUT2D eigenvalue weighted by Gasteiger charge is -2.15. The zero-order valence-corrected chi connectivity index (χ0v) is 17.2. The van der Waals surface area contributed by atoms with E-state index in [1.165, 1.54) is 28.0 Å². The van der Waals surface area contributed by atoms with E-state index in [1.807, 2.05) is 0 Å². The number of hydrogen-bond acceptors (Lipinski definition) is 2. The molecule has 0 bridgehead atoms. The molecular weight excluding hydrogens is 462 g/mol. The largest absolute Gasteiger partial charge is 0.416 e. The van der Waals surface area contributed by atoms with E-state index in [1.54, 1.807) is 24.3 Å². The molecule has 0 saturated carbocycles. The molecule has 3 aromatic rings. The lowest BCUT2D eigenvalue weighted by atomic mass is 9.95. The average molecular weight is 476 g/mol. The summed E-state index contributed by atoms with van der Waals surface area (Å²) in [5.74, 6) is -0.199. The van der Waals surface area contributed by atoms with E-state index in [2.05, 4.69) is 0 Å². The lowest BCUT2D eigenvalue weighted by Crippen LogP contribution is -2.11. The Bertz CT molecular complexity index is 1270. The van der Waals surface area contributed by atoms with Crippen LogP contribution in [-0.2, 0) is 21.9 Å². The molecule has 2 aliphatic rings. The highest BCUT2D eigenvalue weighted by atomic mass is 19.4. The molecule has 2 heterocycles. The average Bonchev–Trinajstić information content (AvgIpc) is 3.69. The highest BCUT2D eigenvalue weighted by Crippen LogP contribution is 2.40. The van der Waals surface area contributed by atoms with Crippen molar-refractivity contribution in [3.63, 3.8) is 0 Å². The predicted molar refractivity (Wildman–Crippen MR) is 112 cm³/mol. The fourth-order valence-electron chi connectivity index (χ4n) is 3.74. The number of hydrogen-bond donors (Lipinski definition) is 0. The van der Waals surface area contributed by atoms with Crippen LogP contribution < -0.4 is 9.80 Å². The lowest BCUT2D eigenvalue weighted by molar-refractivity contribution is -0.143. The standard InChI is InChI=1S/C24H14F6N2O2/c25-23(26,27)17-5-15(6-18(9-17)24(28,29)30)13-2-1-3-14(4-13)16-7-19(31-11-21(31)33)10-20(8-16)32-12-22(32)34/h1-10H,11-12H2. The Kier molecular flexibility index (Phi) is 4.75. The smallest absolute Gasteiger partial charge is 0.301 e. The maximum absolute atomic E-state index is 13.3. The molecule has 2 amide bonds. The number of anilines is 2. The van der Waals surface area contributed by atoms with Crippen molar-refractivity contribution in [1.82, 2.24) is 0 Å². The van der Waals surface area contributed by atoms with E-state index in [4.69, 9.17) is 0 Å². The summed E-state index contributed by atoms with van der Waals surface area (Å²) in [6.07, 6.45) is -9.90. The SMILES string of the molecule is O=C1CN1c1cc(-c2cccc(-c3cc(C(F)(F)F)cc(C(F)(F)F)c3)c2)cc(N2CC2=O)c1. The molecule has 2 saturated heterocycles. The molecule has 0 unspecified atom stereocenters. The molecule has 5 rings (SSSR count). The Balaban J connectivity index is 1.60. The summed E-state index contributed by atoms with van der Waals surface area (Å²) < 4.78 is 79.7. The van der Waals surface area contributed by atoms with Gasteiger partial charge in [0.25, 0.3) is 0 Å². The minimum Gasteiger partial charge on any atom is -0.301 e. The zero-order chi connectivity index (χ0) is 24.4. The maximum Gasteiger partial charge on any atom is 0.416 e. The fraction of sp³-hybridized carbons (Fsp3) is 0.167.